The van der Waals surface area contributed by atoms with Gasteiger partial charge in [0, 0.05) is 50.0 Å². The number of amides is 2. The Morgan fingerprint density at radius 3 is 2.58 bits per heavy atom. The van der Waals surface area contributed by atoms with Crippen molar-refractivity contribution in [3.05, 3.63) is 83.7 Å². The summed E-state index contributed by atoms with van der Waals surface area (Å²) in [7, 11) is 5.26. The van der Waals surface area contributed by atoms with E-state index in [0.717, 1.165) is 28.9 Å². The van der Waals surface area contributed by atoms with E-state index in [1.165, 1.54) is 6.07 Å². The minimum atomic E-state index is -0.965. The molecule has 4 N–H and O–H groups in total. The monoisotopic (exact) mass is 594 g/mol. The zero-order valence-corrected chi connectivity index (χ0v) is 24.5. The van der Waals surface area contributed by atoms with Crippen LogP contribution in [0.4, 0.5) is 19.4 Å². The van der Waals surface area contributed by atoms with Gasteiger partial charge in [-0.1, -0.05) is 24.3 Å². The molecule has 43 heavy (non-hydrogen) atoms. The first-order valence-electron chi connectivity index (χ1n) is 14.0. The largest absolute Gasteiger partial charge is 0.384 e. The molecule has 4 aromatic rings. The number of nitrogens with zero attached hydrogens (tertiary/aromatic N) is 5. The van der Waals surface area contributed by atoms with E-state index in [0.29, 0.717) is 30.1 Å². The van der Waals surface area contributed by atoms with Crippen LogP contribution in [0.25, 0.3) is 16.9 Å². The van der Waals surface area contributed by atoms with Gasteiger partial charge in [0.25, 0.3) is 0 Å². The van der Waals surface area contributed by atoms with Gasteiger partial charge < -0.3 is 15.3 Å². The predicted octanol–water partition coefficient (Wildman–Crippen LogP) is 4.04. The highest BCUT2D eigenvalue weighted by atomic mass is 19.2. The van der Waals surface area contributed by atoms with Gasteiger partial charge >= 0.3 is 6.03 Å². The van der Waals surface area contributed by atoms with E-state index in [1.54, 1.807) is 22.7 Å². The van der Waals surface area contributed by atoms with Gasteiger partial charge in [-0.2, -0.15) is 10.2 Å². The summed E-state index contributed by atoms with van der Waals surface area (Å²) in [6, 6.07) is 11.6. The number of likely N-dealkylation sites (N-methyl/N-ethyl adjacent to an activating group) is 1. The van der Waals surface area contributed by atoms with Gasteiger partial charge in [-0.05, 0) is 50.2 Å². The average molecular weight is 595 g/mol. The Morgan fingerprint density at radius 1 is 1.16 bits per heavy atom. The number of carbonyl (C=O) groups is 1. The molecular weight excluding hydrogens is 558 g/mol. The van der Waals surface area contributed by atoms with E-state index in [2.05, 4.69) is 21.2 Å². The number of hydrogen-bond donors (Lipinski definition) is 4. The molecule has 0 bridgehead atoms. The molecule has 1 unspecified atom stereocenters. The van der Waals surface area contributed by atoms with Crippen LogP contribution in [0.3, 0.4) is 0 Å². The number of anilines is 1. The number of para-hydroxylation sites is 1. The lowest BCUT2D eigenvalue weighted by Gasteiger charge is -2.32. The Labute approximate surface area is 248 Å². The molecule has 3 heterocycles. The van der Waals surface area contributed by atoms with Crippen LogP contribution >= 0.6 is 0 Å². The molecular formula is C30H36F2N8O3. The topological polar surface area (TPSA) is 121 Å². The van der Waals surface area contributed by atoms with Crippen molar-refractivity contribution in [2.24, 2.45) is 13.0 Å². The number of likely N-dealkylation sites (tertiary alicyclic amines) is 1. The minimum Gasteiger partial charge on any atom is -0.384 e. The fourth-order valence-electron chi connectivity index (χ4n) is 6.04. The van der Waals surface area contributed by atoms with Crippen LogP contribution in [-0.2, 0) is 11.8 Å². The first-order valence-corrected chi connectivity index (χ1v) is 14.0. The van der Waals surface area contributed by atoms with Crippen molar-refractivity contribution in [2.75, 3.05) is 32.6 Å². The summed E-state index contributed by atoms with van der Waals surface area (Å²) in [5.41, 5.74) is 5.73. The van der Waals surface area contributed by atoms with Crippen molar-refractivity contribution < 1.29 is 23.5 Å². The number of hydroxylamine groups is 1. The van der Waals surface area contributed by atoms with Gasteiger partial charge in [0.1, 0.15) is 11.5 Å². The lowest BCUT2D eigenvalue weighted by Crippen LogP contribution is -2.42. The number of urea groups is 1. The predicted molar refractivity (Wildman–Crippen MR) is 157 cm³/mol. The molecule has 4 atom stereocenters. The zero-order valence-electron chi connectivity index (χ0n) is 24.5. The van der Waals surface area contributed by atoms with Crippen LogP contribution < -0.4 is 16.1 Å². The Morgan fingerprint density at radius 2 is 1.93 bits per heavy atom. The Balaban J connectivity index is 1.46. The molecule has 5 rings (SSSR count). The van der Waals surface area contributed by atoms with Crippen molar-refractivity contribution in [2.45, 2.75) is 31.5 Å². The van der Waals surface area contributed by atoms with Gasteiger partial charge in [-0.25, -0.2) is 23.7 Å². The molecule has 13 heteroatoms. The van der Waals surface area contributed by atoms with Crippen LogP contribution in [-0.4, -0.2) is 75.1 Å². The standard InChI is InChI=1S/C30H36F2N8O3/c1-18-27(20-14-33-38(2)16-20)37-40(22-8-6-5-7-9-22)29(18)36-30(41)35-25-13-26(21(15-34-42)17-43-4)39(3)28(25)19-10-11-23(31)24(32)12-19/h5-12,14,16,21,25-26,28,34,42H,13,15,17H2,1-4H3,(H2,35,36,41)/t21?,25-,26+,28+/m1/s1. The van der Waals surface area contributed by atoms with Gasteiger partial charge in [-0.15, -0.1) is 0 Å². The fourth-order valence-corrected chi connectivity index (χ4v) is 6.04. The lowest BCUT2D eigenvalue weighted by atomic mass is 9.96. The number of ether oxygens (including phenoxy) is 1. The van der Waals surface area contributed by atoms with Gasteiger partial charge in [0.15, 0.2) is 11.6 Å². The second-order valence-electron chi connectivity index (χ2n) is 10.8. The second-order valence-corrected chi connectivity index (χ2v) is 10.8. The third-order valence-electron chi connectivity index (χ3n) is 8.05. The third-order valence-corrected chi connectivity index (χ3v) is 8.05. The van der Waals surface area contributed by atoms with E-state index >= 15 is 0 Å². The van der Waals surface area contributed by atoms with E-state index < -0.39 is 29.7 Å². The molecule has 2 aromatic heterocycles. The number of halogens is 2. The van der Waals surface area contributed by atoms with Crippen LogP contribution in [0.2, 0.25) is 0 Å². The van der Waals surface area contributed by atoms with Gasteiger partial charge in [0.05, 0.1) is 30.6 Å². The maximum atomic E-state index is 14.4. The number of rotatable bonds is 10. The van der Waals surface area contributed by atoms with Crippen molar-refractivity contribution >= 4 is 11.8 Å². The molecule has 0 radical (unpaired) electrons. The van der Waals surface area contributed by atoms with E-state index in [9.17, 15) is 18.8 Å². The summed E-state index contributed by atoms with van der Waals surface area (Å²) in [6.45, 7) is 2.47. The summed E-state index contributed by atoms with van der Waals surface area (Å²) in [5.74, 6) is -1.57. The maximum absolute atomic E-state index is 14.4. The van der Waals surface area contributed by atoms with E-state index in [4.69, 9.17) is 9.84 Å². The number of aryl methyl sites for hydroxylation is 1. The summed E-state index contributed by atoms with van der Waals surface area (Å²) in [6.07, 6.45) is 4.04. The number of aromatic nitrogens is 4. The molecule has 1 aliphatic rings. The highest BCUT2D eigenvalue weighted by Gasteiger charge is 2.44. The quantitative estimate of drug-likeness (QED) is 0.205. The zero-order chi connectivity index (χ0) is 30.7. The molecule has 1 fully saturated rings. The SMILES string of the molecule is COCC(CNO)[C@@H]1C[C@@H](NC(=O)Nc2c(C)c(-c3cnn(C)c3)nn2-c2ccccc2)[C@H](c2ccc(F)c(F)c2)N1C. The van der Waals surface area contributed by atoms with Crippen LogP contribution in [0.5, 0.6) is 0 Å². The highest BCUT2D eigenvalue weighted by molar-refractivity contribution is 5.91. The average Bonchev–Trinajstić information content (AvgIpc) is 3.66. The third kappa shape index (κ3) is 6.30. The maximum Gasteiger partial charge on any atom is 0.320 e. The summed E-state index contributed by atoms with van der Waals surface area (Å²) in [5, 5.41) is 24.6. The Hall–Kier alpha value is -4.17. The number of benzene rings is 2. The van der Waals surface area contributed by atoms with Gasteiger partial charge in [0.2, 0.25) is 0 Å². The lowest BCUT2D eigenvalue weighted by molar-refractivity contribution is 0.0600. The first kappa shape index (κ1) is 30.3. The number of hydrogen-bond acceptors (Lipinski definition) is 7. The Bertz CT molecular complexity index is 1550. The van der Waals surface area contributed by atoms with E-state index in [1.807, 2.05) is 62.4 Å². The molecule has 0 saturated carbocycles. The molecule has 0 aliphatic carbocycles. The van der Waals surface area contributed by atoms with Crippen LogP contribution in [0, 0.1) is 24.5 Å². The summed E-state index contributed by atoms with van der Waals surface area (Å²) >= 11 is 0. The number of carbonyl (C=O) groups excluding carboxylic acids is 1. The molecule has 0 spiro atoms. The normalized spacial score (nSPS) is 19.5. The fraction of sp³-hybridized carbons (Fsp3) is 0.367. The minimum absolute atomic E-state index is 0.147. The second kappa shape index (κ2) is 13.0. The molecule has 2 amide bonds. The van der Waals surface area contributed by atoms with Crippen molar-refractivity contribution in [1.82, 2.24) is 35.3 Å². The molecule has 2 aromatic carbocycles. The summed E-state index contributed by atoms with van der Waals surface area (Å²) < 4.78 is 37.0. The molecule has 228 valence electrons. The first-order chi connectivity index (χ1) is 20.7. The molecule has 1 saturated heterocycles. The Kier molecular flexibility index (Phi) is 9.16. The van der Waals surface area contributed by atoms with Crippen molar-refractivity contribution in [3.63, 3.8) is 0 Å². The smallest absolute Gasteiger partial charge is 0.320 e. The van der Waals surface area contributed by atoms with Crippen LogP contribution in [0.15, 0.2) is 60.9 Å². The molecule has 11 nitrogen and oxygen atoms in total. The molecule has 1 aliphatic heterocycles. The highest BCUT2D eigenvalue weighted by Crippen LogP contribution is 2.39. The van der Waals surface area contributed by atoms with Gasteiger partial charge in [-0.3, -0.25) is 14.9 Å². The summed E-state index contributed by atoms with van der Waals surface area (Å²) in [4.78, 5) is 15.7. The number of nitrogens with one attached hydrogen (secondary N) is 3. The van der Waals surface area contributed by atoms with Crippen molar-refractivity contribution in [3.8, 4) is 16.9 Å². The van der Waals surface area contributed by atoms with Crippen LogP contribution in [0.1, 0.15) is 23.6 Å². The number of methoxy groups -OCH3 is 1. The van der Waals surface area contributed by atoms with Crippen molar-refractivity contribution in [1.29, 1.82) is 0 Å². The van der Waals surface area contributed by atoms with E-state index in [-0.39, 0.29) is 18.5 Å².